The Morgan fingerprint density at radius 3 is 2.48 bits per heavy atom. The summed E-state index contributed by atoms with van der Waals surface area (Å²) in [6.45, 7) is 1.96. The summed E-state index contributed by atoms with van der Waals surface area (Å²) in [5, 5.41) is 13.7. The highest BCUT2D eigenvalue weighted by atomic mass is 35.5. The van der Waals surface area contributed by atoms with E-state index in [0.29, 0.717) is 17.0 Å². The summed E-state index contributed by atoms with van der Waals surface area (Å²) in [6, 6.07) is 14.5. The number of non-ortho nitro benzene ring substituents is 1. The summed E-state index contributed by atoms with van der Waals surface area (Å²) in [4.78, 5) is 22.5. The molecular weight excluding hydrogens is 344 g/mol. The van der Waals surface area contributed by atoms with Crippen molar-refractivity contribution in [2.24, 2.45) is 0 Å². The Kier molecular flexibility index (Phi) is 4.54. The van der Waals surface area contributed by atoms with Gasteiger partial charge in [0.25, 0.3) is 11.6 Å². The van der Waals surface area contributed by atoms with Crippen LogP contribution in [-0.2, 0) is 0 Å². The lowest BCUT2D eigenvalue weighted by Crippen LogP contribution is -2.10. The minimum Gasteiger partial charge on any atom is -0.451 e. The monoisotopic (exact) mass is 356 g/mol. The largest absolute Gasteiger partial charge is 0.451 e. The summed E-state index contributed by atoms with van der Waals surface area (Å²) >= 11 is 6.08. The van der Waals surface area contributed by atoms with Crippen LogP contribution in [0.3, 0.4) is 0 Å². The number of amides is 1. The smallest absolute Gasteiger partial charge is 0.291 e. The fourth-order valence-corrected chi connectivity index (χ4v) is 2.52. The first-order chi connectivity index (χ1) is 11.9. The zero-order valence-electron chi connectivity index (χ0n) is 13.2. The summed E-state index contributed by atoms with van der Waals surface area (Å²) in [6.07, 6.45) is 0. The van der Waals surface area contributed by atoms with E-state index in [9.17, 15) is 14.9 Å². The number of carbonyl (C=O) groups is 1. The van der Waals surface area contributed by atoms with Gasteiger partial charge in [0.1, 0.15) is 5.76 Å². The Morgan fingerprint density at radius 1 is 1.12 bits per heavy atom. The van der Waals surface area contributed by atoms with Gasteiger partial charge in [0.05, 0.1) is 9.95 Å². The van der Waals surface area contributed by atoms with E-state index in [0.717, 1.165) is 5.56 Å². The first-order valence-corrected chi connectivity index (χ1v) is 7.74. The van der Waals surface area contributed by atoms with E-state index < -0.39 is 10.8 Å². The molecule has 6 nitrogen and oxygen atoms in total. The Balaban J connectivity index is 1.81. The molecule has 1 amide bonds. The van der Waals surface area contributed by atoms with Crippen LogP contribution >= 0.6 is 11.6 Å². The molecule has 0 aliphatic heterocycles. The SMILES string of the molecule is Cc1ccc(NC(=O)c2ccc(-c3ccc([N+](=O)[O-])cc3Cl)o2)cc1. The Morgan fingerprint density at radius 2 is 1.84 bits per heavy atom. The van der Waals surface area contributed by atoms with E-state index in [1.54, 1.807) is 18.2 Å². The first-order valence-electron chi connectivity index (χ1n) is 7.36. The van der Waals surface area contributed by atoms with E-state index in [2.05, 4.69) is 5.32 Å². The minimum absolute atomic E-state index is 0.113. The lowest BCUT2D eigenvalue weighted by molar-refractivity contribution is -0.384. The fourth-order valence-electron chi connectivity index (χ4n) is 2.25. The fraction of sp³-hybridized carbons (Fsp3) is 0.0556. The van der Waals surface area contributed by atoms with Gasteiger partial charge >= 0.3 is 0 Å². The van der Waals surface area contributed by atoms with E-state index in [1.807, 2.05) is 19.1 Å². The molecule has 1 N–H and O–H groups in total. The van der Waals surface area contributed by atoms with Crippen LogP contribution in [0.25, 0.3) is 11.3 Å². The van der Waals surface area contributed by atoms with Crippen LogP contribution in [0.15, 0.2) is 59.0 Å². The molecule has 0 bridgehead atoms. The number of nitrogens with zero attached hydrogens (tertiary/aromatic N) is 1. The number of halogens is 1. The third kappa shape index (κ3) is 3.70. The van der Waals surface area contributed by atoms with Gasteiger partial charge in [-0.15, -0.1) is 0 Å². The molecule has 0 fully saturated rings. The summed E-state index contributed by atoms with van der Waals surface area (Å²) in [5.74, 6) is 0.0760. The molecule has 7 heteroatoms. The second kappa shape index (κ2) is 6.78. The van der Waals surface area contributed by atoms with Crippen LogP contribution in [0, 0.1) is 17.0 Å². The molecule has 1 heterocycles. The zero-order chi connectivity index (χ0) is 18.0. The van der Waals surface area contributed by atoms with Gasteiger partial charge < -0.3 is 9.73 Å². The Labute approximate surface area is 148 Å². The maximum atomic E-state index is 12.2. The number of benzene rings is 2. The van der Waals surface area contributed by atoms with Gasteiger partial charge in [-0.2, -0.15) is 0 Å². The molecular formula is C18H13ClN2O4. The third-order valence-corrected chi connectivity index (χ3v) is 3.88. The second-order valence-electron chi connectivity index (χ2n) is 5.41. The lowest BCUT2D eigenvalue weighted by atomic mass is 10.1. The predicted molar refractivity (Wildman–Crippen MR) is 94.9 cm³/mol. The molecule has 0 unspecified atom stereocenters. The van der Waals surface area contributed by atoms with E-state index in [1.165, 1.54) is 24.3 Å². The van der Waals surface area contributed by atoms with Crippen molar-refractivity contribution in [3.63, 3.8) is 0 Å². The topological polar surface area (TPSA) is 85.4 Å². The number of nitro benzene ring substituents is 1. The molecule has 0 saturated heterocycles. The van der Waals surface area contributed by atoms with Crippen LogP contribution in [0.1, 0.15) is 16.1 Å². The number of nitrogens with one attached hydrogen (secondary N) is 1. The molecule has 25 heavy (non-hydrogen) atoms. The van der Waals surface area contributed by atoms with Gasteiger partial charge in [0, 0.05) is 23.4 Å². The van der Waals surface area contributed by atoms with Crippen molar-refractivity contribution in [2.75, 3.05) is 5.32 Å². The van der Waals surface area contributed by atoms with E-state index >= 15 is 0 Å². The van der Waals surface area contributed by atoms with Gasteiger partial charge in [0.15, 0.2) is 5.76 Å². The molecule has 3 rings (SSSR count). The van der Waals surface area contributed by atoms with Gasteiger partial charge in [-0.1, -0.05) is 29.3 Å². The molecule has 3 aromatic rings. The summed E-state index contributed by atoms with van der Waals surface area (Å²) < 4.78 is 5.54. The third-order valence-electron chi connectivity index (χ3n) is 3.57. The standard InChI is InChI=1S/C18H13ClN2O4/c1-11-2-4-12(5-3-11)20-18(22)17-9-8-16(25-17)14-7-6-13(21(23)24)10-15(14)19/h2-10H,1H3,(H,20,22). The quantitative estimate of drug-likeness (QED) is 0.522. The van der Waals surface area contributed by atoms with Crippen molar-refractivity contribution in [1.29, 1.82) is 0 Å². The molecule has 0 spiro atoms. The molecule has 2 aromatic carbocycles. The van der Waals surface area contributed by atoms with Crippen molar-refractivity contribution in [1.82, 2.24) is 0 Å². The number of aryl methyl sites for hydroxylation is 1. The minimum atomic E-state index is -0.530. The number of nitro groups is 1. The molecule has 0 radical (unpaired) electrons. The van der Waals surface area contributed by atoms with Crippen molar-refractivity contribution in [3.05, 3.63) is 81.1 Å². The number of furan rings is 1. The number of anilines is 1. The number of hydrogen-bond donors (Lipinski definition) is 1. The molecule has 1 aromatic heterocycles. The van der Waals surface area contributed by atoms with Crippen molar-refractivity contribution in [3.8, 4) is 11.3 Å². The van der Waals surface area contributed by atoms with Crippen LogP contribution < -0.4 is 5.32 Å². The number of hydrogen-bond acceptors (Lipinski definition) is 4. The lowest BCUT2D eigenvalue weighted by Gasteiger charge is -2.04. The van der Waals surface area contributed by atoms with Crippen LogP contribution in [0.2, 0.25) is 5.02 Å². The summed E-state index contributed by atoms with van der Waals surface area (Å²) in [5.41, 5.74) is 2.10. The number of carbonyl (C=O) groups excluding carboxylic acids is 1. The van der Waals surface area contributed by atoms with Crippen LogP contribution in [0.5, 0.6) is 0 Å². The first kappa shape index (κ1) is 16.7. The van der Waals surface area contributed by atoms with Gasteiger partial charge in [-0.05, 0) is 37.3 Å². The molecule has 126 valence electrons. The molecule has 0 aliphatic rings. The highest BCUT2D eigenvalue weighted by Crippen LogP contribution is 2.32. The maximum absolute atomic E-state index is 12.2. The predicted octanol–water partition coefficient (Wildman–Crippen LogP) is 5.07. The highest BCUT2D eigenvalue weighted by Gasteiger charge is 2.16. The Hall–Kier alpha value is -3.12. The van der Waals surface area contributed by atoms with E-state index in [4.69, 9.17) is 16.0 Å². The molecule has 0 saturated carbocycles. The Bertz CT molecular complexity index is 948. The van der Waals surface area contributed by atoms with Crippen molar-refractivity contribution >= 4 is 28.9 Å². The highest BCUT2D eigenvalue weighted by molar-refractivity contribution is 6.33. The van der Waals surface area contributed by atoms with E-state index in [-0.39, 0.29) is 16.5 Å². The number of rotatable bonds is 4. The van der Waals surface area contributed by atoms with Crippen molar-refractivity contribution in [2.45, 2.75) is 6.92 Å². The maximum Gasteiger partial charge on any atom is 0.291 e. The summed E-state index contributed by atoms with van der Waals surface area (Å²) in [7, 11) is 0. The normalized spacial score (nSPS) is 10.5. The van der Waals surface area contributed by atoms with Crippen LogP contribution in [-0.4, -0.2) is 10.8 Å². The zero-order valence-corrected chi connectivity index (χ0v) is 13.9. The average Bonchev–Trinajstić information content (AvgIpc) is 3.06. The molecule has 0 aliphatic carbocycles. The van der Waals surface area contributed by atoms with Crippen molar-refractivity contribution < 1.29 is 14.1 Å². The van der Waals surface area contributed by atoms with Crippen LogP contribution in [0.4, 0.5) is 11.4 Å². The average molecular weight is 357 g/mol. The van der Waals surface area contributed by atoms with Gasteiger partial charge in [-0.25, -0.2) is 0 Å². The second-order valence-corrected chi connectivity index (χ2v) is 5.81. The molecule has 0 atom stereocenters. The van der Waals surface area contributed by atoms with Gasteiger partial charge in [-0.3, -0.25) is 14.9 Å². The van der Waals surface area contributed by atoms with Gasteiger partial charge in [0.2, 0.25) is 0 Å².